The van der Waals surface area contributed by atoms with Crippen LogP contribution < -0.4 is 10.1 Å². The highest BCUT2D eigenvalue weighted by atomic mass is 79.9. The maximum absolute atomic E-state index is 12.9. The molecule has 150 valence electrons. The summed E-state index contributed by atoms with van der Waals surface area (Å²) in [5, 5.41) is 3.29. The van der Waals surface area contributed by atoms with Crippen molar-refractivity contribution in [3.05, 3.63) is 81.2 Å². The molecule has 0 aliphatic carbocycles. The second-order valence-electron chi connectivity index (χ2n) is 6.26. The predicted octanol–water partition coefficient (Wildman–Crippen LogP) is 5.23. The van der Waals surface area contributed by atoms with Gasteiger partial charge in [-0.2, -0.15) is 0 Å². The molecule has 0 bridgehead atoms. The van der Waals surface area contributed by atoms with E-state index < -0.39 is 5.91 Å². The SMILES string of the molecule is COc1ccc(Cl)cc1CN(C)C(=O)c1cccc(NC(=O)c2ccc(Br)o2)c1. The highest BCUT2D eigenvalue weighted by Gasteiger charge is 2.16. The van der Waals surface area contributed by atoms with E-state index in [1.54, 1.807) is 73.7 Å². The van der Waals surface area contributed by atoms with Gasteiger partial charge >= 0.3 is 0 Å². The van der Waals surface area contributed by atoms with E-state index >= 15 is 0 Å². The van der Waals surface area contributed by atoms with Crippen molar-refractivity contribution in [2.45, 2.75) is 6.54 Å². The van der Waals surface area contributed by atoms with Crippen LogP contribution in [-0.4, -0.2) is 30.9 Å². The van der Waals surface area contributed by atoms with Gasteiger partial charge in [0.1, 0.15) is 5.75 Å². The van der Waals surface area contributed by atoms with E-state index in [4.69, 9.17) is 20.8 Å². The van der Waals surface area contributed by atoms with Crippen molar-refractivity contribution in [2.24, 2.45) is 0 Å². The number of carbonyl (C=O) groups is 2. The largest absolute Gasteiger partial charge is 0.496 e. The first-order valence-electron chi connectivity index (χ1n) is 8.62. The Morgan fingerprint density at radius 1 is 1.17 bits per heavy atom. The number of nitrogens with zero attached hydrogens (tertiary/aromatic N) is 1. The van der Waals surface area contributed by atoms with E-state index in [-0.39, 0.29) is 11.7 Å². The molecule has 0 aliphatic rings. The van der Waals surface area contributed by atoms with Crippen molar-refractivity contribution < 1.29 is 18.7 Å². The Morgan fingerprint density at radius 2 is 1.97 bits per heavy atom. The maximum Gasteiger partial charge on any atom is 0.291 e. The number of amides is 2. The van der Waals surface area contributed by atoms with Crippen molar-refractivity contribution in [2.75, 3.05) is 19.5 Å². The lowest BCUT2D eigenvalue weighted by molar-refractivity contribution is 0.0784. The van der Waals surface area contributed by atoms with Gasteiger partial charge in [-0.1, -0.05) is 17.7 Å². The Labute approximate surface area is 181 Å². The smallest absolute Gasteiger partial charge is 0.291 e. The van der Waals surface area contributed by atoms with Crippen LogP contribution in [0.15, 0.2) is 63.7 Å². The molecule has 0 aliphatic heterocycles. The van der Waals surface area contributed by atoms with Crippen molar-refractivity contribution in [3.63, 3.8) is 0 Å². The topological polar surface area (TPSA) is 71.8 Å². The van der Waals surface area contributed by atoms with Crippen LogP contribution in [0.2, 0.25) is 5.02 Å². The summed E-state index contributed by atoms with van der Waals surface area (Å²) in [6, 6.07) is 15.2. The van der Waals surface area contributed by atoms with Gasteiger partial charge < -0.3 is 19.4 Å². The number of benzene rings is 2. The maximum atomic E-state index is 12.9. The van der Waals surface area contributed by atoms with Crippen LogP contribution in [0.4, 0.5) is 5.69 Å². The Kier molecular flexibility index (Phi) is 6.61. The normalized spacial score (nSPS) is 10.5. The summed E-state index contributed by atoms with van der Waals surface area (Å²) < 4.78 is 11.0. The molecule has 3 aromatic rings. The Hall–Kier alpha value is -2.77. The number of hydrogen-bond acceptors (Lipinski definition) is 4. The van der Waals surface area contributed by atoms with Crippen LogP contribution in [-0.2, 0) is 6.54 Å². The van der Waals surface area contributed by atoms with Gasteiger partial charge in [0.2, 0.25) is 0 Å². The molecule has 0 fully saturated rings. The third-order valence-electron chi connectivity index (χ3n) is 4.16. The van der Waals surface area contributed by atoms with Crippen LogP contribution >= 0.6 is 27.5 Å². The van der Waals surface area contributed by atoms with Crippen molar-refractivity contribution >= 4 is 45.0 Å². The fourth-order valence-corrected chi connectivity index (χ4v) is 3.28. The summed E-state index contributed by atoms with van der Waals surface area (Å²) in [4.78, 5) is 26.7. The zero-order valence-corrected chi connectivity index (χ0v) is 18.1. The molecule has 6 nitrogen and oxygen atoms in total. The third kappa shape index (κ3) is 5.19. The predicted molar refractivity (Wildman–Crippen MR) is 115 cm³/mol. The van der Waals surface area contributed by atoms with Gasteiger partial charge in [0.25, 0.3) is 11.8 Å². The summed E-state index contributed by atoms with van der Waals surface area (Å²) >= 11 is 9.23. The quantitative estimate of drug-likeness (QED) is 0.528. The molecule has 8 heteroatoms. The number of furan rings is 1. The van der Waals surface area contributed by atoms with Crippen LogP contribution in [0.5, 0.6) is 5.75 Å². The summed E-state index contributed by atoms with van der Waals surface area (Å²) in [7, 11) is 3.26. The highest BCUT2D eigenvalue weighted by molar-refractivity contribution is 9.10. The average molecular weight is 478 g/mol. The van der Waals surface area contributed by atoms with E-state index in [1.807, 2.05) is 0 Å². The molecule has 2 amide bonds. The van der Waals surface area contributed by atoms with Crippen molar-refractivity contribution in [1.29, 1.82) is 0 Å². The summed E-state index contributed by atoms with van der Waals surface area (Å²) in [6.45, 7) is 0.319. The molecular formula is C21H18BrClN2O4. The molecule has 0 atom stereocenters. The first-order chi connectivity index (χ1) is 13.9. The monoisotopic (exact) mass is 476 g/mol. The Bertz CT molecular complexity index is 1050. The Morgan fingerprint density at radius 3 is 2.66 bits per heavy atom. The molecule has 2 aromatic carbocycles. The molecule has 1 heterocycles. The minimum absolute atomic E-state index is 0.166. The van der Waals surface area contributed by atoms with Crippen LogP contribution in [0.25, 0.3) is 0 Å². The molecule has 0 radical (unpaired) electrons. The zero-order chi connectivity index (χ0) is 21.0. The minimum Gasteiger partial charge on any atom is -0.496 e. The number of anilines is 1. The lowest BCUT2D eigenvalue weighted by Gasteiger charge is -2.19. The van der Waals surface area contributed by atoms with Crippen LogP contribution in [0.3, 0.4) is 0 Å². The van der Waals surface area contributed by atoms with Gasteiger partial charge in [0.05, 0.1) is 7.11 Å². The third-order valence-corrected chi connectivity index (χ3v) is 4.82. The molecule has 29 heavy (non-hydrogen) atoms. The van der Waals surface area contributed by atoms with Crippen molar-refractivity contribution in [1.82, 2.24) is 4.90 Å². The fraction of sp³-hybridized carbons (Fsp3) is 0.143. The number of ether oxygens (including phenoxy) is 1. The number of methoxy groups -OCH3 is 1. The van der Waals surface area contributed by atoms with E-state index in [9.17, 15) is 9.59 Å². The summed E-state index contributed by atoms with van der Waals surface area (Å²) in [5.74, 6) is 0.208. The number of hydrogen-bond donors (Lipinski definition) is 1. The van der Waals surface area contributed by atoms with Gasteiger partial charge in [0.15, 0.2) is 10.4 Å². The number of carbonyl (C=O) groups excluding carboxylic acids is 2. The van der Waals surface area contributed by atoms with Gasteiger partial charge in [0, 0.05) is 35.4 Å². The second kappa shape index (κ2) is 9.15. The molecule has 0 unspecified atom stereocenters. The molecule has 1 N–H and O–H groups in total. The lowest BCUT2D eigenvalue weighted by Crippen LogP contribution is -2.26. The van der Waals surface area contributed by atoms with E-state index in [1.165, 1.54) is 0 Å². The molecule has 1 aromatic heterocycles. The Balaban J connectivity index is 1.73. The van der Waals surface area contributed by atoms with E-state index in [2.05, 4.69) is 21.2 Å². The van der Waals surface area contributed by atoms with Gasteiger partial charge in [-0.05, 0) is 64.5 Å². The van der Waals surface area contributed by atoms with Crippen LogP contribution in [0, 0.1) is 0 Å². The van der Waals surface area contributed by atoms with E-state index in [0.29, 0.717) is 33.2 Å². The fourth-order valence-electron chi connectivity index (χ4n) is 2.78. The van der Waals surface area contributed by atoms with E-state index in [0.717, 1.165) is 5.56 Å². The first-order valence-corrected chi connectivity index (χ1v) is 9.79. The van der Waals surface area contributed by atoms with Crippen LogP contribution in [0.1, 0.15) is 26.5 Å². The number of rotatable bonds is 6. The minimum atomic E-state index is -0.405. The first kappa shape index (κ1) is 21.0. The zero-order valence-electron chi connectivity index (χ0n) is 15.7. The molecule has 0 spiro atoms. The average Bonchev–Trinajstić information content (AvgIpc) is 3.14. The molecule has 3 rings (SSSR count). The lowest BCUT2D eigenvalue weighted by atomic mass is 10.1. The summed E-state index contributed by atoms with van der Waals surface area (Å²) in [5.41, 5.74) is 1.72. The van der Waals surface area contributed by atoms with Crippen molar-refractivity contribution in [3.8, 4) is 5.75 Å². The molecule has 0 saturated heterocycles. The van der Waals surface area contributed by atoms with Gasteiger partial charge in [-0.25, -0.2) is 0 Å². The van der Waals surface area contributed by atoms with Gasteiger partial charge in [-0.3, -0.25) is 9.59 Å². The highest BCUT2D eigenvalue weighted by Crippen LogP contribution is 2.24. The number of nitrogens with one attached hydrogen (secondary N) is 1. The molecule has 0 saturated carbocycles. The number of halogens is 2. The standard InChI is InChI=1S/C21H18BrClN2O4/c1-25(12-14-10-15(23)6-7-17(14)28-2)21(27)13-4-3-5-16(11-13)24-20(26)18-8-9-19(22)29-18/h3-11H,12H2,1-2H3,(H,24,26). The molecular weight excluding hydrogens is 460 g/mol. The van der Waals surface area contributed by atoms with Gasteiger partial charge in [-0.15, -0.1) is 0 Å². The summed E-state index contributed by atoms with van der Waals surface area (Å²) in [6.07, 6.45) is 0. The second-order valence-corrected chi connectivity index (χ2v) is 7.47.